The van der Waals surface area contributed by atoms with Crippen molar-refractivity contribution in [3.05, 3.63) is 48.3 Å². The highest BCUT2D eigenvalue weighted by Gasteiger charge is 2.12. The lowest BCUT2D eigenvalue weighted by Gasteiger charge is -2.20. The smallest absolute Gasteiger partial charge is 0.315 e. The molecule has 0 aliphatic heterocycles. The van der Waals surface area contributed by atoms with Gasteiger partial charge in [0.05, 0.1) is 0 Å². The van der Waals surface area contributed by atoms with Crippen LogP contribution in [0.5, 0.6) is 0 Å². The lowest BCUT2D eigenvalue weighted by atomic mass is 10.1. The molecule has 2 aromatic rings. The zero-order valence-electron chi connectivity index (χ0n) is 13.3. The minimum Gasteiger partial charge on any atom is -0.338 e. The third-order valence-electron chi connectivity index (χ3n) is 2.93. The molecule has 0 unspecified atom stereocenters. The summed E-state index contributed by atoms with van der Waals surface area (Å²) in [5, 5.41) is 5.68. The van der Waals surface area contributed by atoms with E-state index in [1.165, 1.54) is 0 Å². The van der Waals surface area contributed by atoms with Gasteiger partial charge in [-0.2, -0.15) is 0 Å². The summed E-state index contributed by atoms with van der Waals surface area (Å²) in [7, 11) is 0. The molecule has 116 valence electrons. The van der Waals surface area contributed by atoms with Crippen molar-refractivity contribution in [2.24, 2.45) is 0 Å². The molecule has 0 fully saturated rings. The molecule has 2 rings (SSSR count). The molecule has 5 nitrogen and oxygen atoms in total. The molecule has 22 heavy (non-hydrogen) atoms. The monoisotopic (exact) mass is 298 g/mol. The molecule has 1 aromatic carbocycles. The number of carbonyl (C=O) groups excluding carboxylic acids is 1. The summed E-state index contributed by atoms with van der Waals surface area (Å²) in [6, 6.07) is 9.69. The molecule has 0 aliphatic rings. The van der Waals surface area contributed by atoms with Crippen LogP contribution in [0.15, 0.2) is 42.7 Å². The van der Waals surface area contributed by atoms with Gasteiger partial charge in [0.15, 0.2) is 5.82 Å². The first-order valence-electron chi connectivity index (χ1n) is 7.36. The Balaban J connectivity index is 1.84. The molecule has 2 N–H and O–H groups in total. The van der Waals surface area contributed by atoms with Crippen LogP contribution in [0.3, 0.4) is 0 Å². The average Bonchev–Trinajstić information content (AvgIpc) is 2.47. The standard InChI is InChI=1S/C17H22N4O/c1-17(2,3)21-16(22)18-10-9-13-11-19-15(20-12-13)14-7-5-4-6-8-14/h4-8,11-12H,9-10H2,1-3H3,(H2,18,21,22). The average molecular weight is 298 g/mol. The van der Waals surface area contributed by atoms with E-state index >= 15 is 0 Å². The summed E-state index contributed by atoms with van der Waals surface area (Å²) in [6.45, 7) is 6.39. The molecule has 1 heterocycles. The zero-order chi connectivity index (χ0) is 16.0. The third-order valence-corrected chi connectivity index (χ3v) is 2.93. The fourth-order valence-corrected chi connectivity index (χ4v) is 1.93. The van der Waals surface area contributed by atoms with E-state index in [1.807, 2.05) is 51.1 Å². The predicted molar refractivity (Wildman–Crippen MR) is 87.5 cm³/mol. The Morgan fingerprint density at radius 2 is 1.73 bits per heavy atom. The summed E-state index contributed by atoms with van der Waals surface area (Å²) in [4.78, 5) is 20.4. The summed E-state index contributed by atoms with van der Waals surface area (Å²) in [5.41, 5.74) is 1.76. The Morgan fingerprint density at radius 1 is 1.09 bits per heavy atom. The maximum atomic E-state index is 11.6. The maximum absolute atomic E-state index is 11.6. The topological polar surface area (TPSA) is 66.9 Å². The molecule has 0 spiro atoms. The third kappa shape index (κ3) is 5.16. The van der Waals surface area contributed by atoms with E-state index in [4.69, 9.17) is 0 Å². The van der Waals surface area contributed by atoms with Gasteiger partial charge in [0.25, 0.3) is 0 Å². The molecule has 5 heteroatoms. The van der Waals surface area contributed by atoms with Crippen molar-refractivity contribution in [2.75, 3.05) is 6.54 Å². The number of hydrogen-bond donors (Lipinski definition) is 2. The van der Waals surface area contributed by atoms with Crippen LogP contribution in [0.4, 0.5) is 4.79 Å². The van der Waals surface area contributed by atoms with Crippen LogP contribution in [0, 0.1) is 0 Å². The van der Waals surface area contributed by atoms with Crippen LogP contribution in [-0.2, 0) is 6.42 Å². The number of carbonyl (C=O) groups is 1. The van der Waals surface area contributed by atoms with Crippen LogP contribution in [0.25, 0.3) is 11.4 Å². The van der Waals surface area contributed by atoms with Crippen molar-refractivity contribution in [1.29, 1.82) is 0 Å². The number of benzene rings is 1. The normalized spacial score (nSPS) is 11.0. The van der Waals surface area contributed by atoms with Gasteiger partial charge >= 0.3 is 6.03 Å². The largest absolute Gasteiger partial charge is 0.338 e. The summed E-state index contributed by atoms with van der Waals surface area (Å²) >= 11 is 0. The van der Waals surface area contributed by atoms with Crippen molar-refractivity contribution in [2.45, 2.75) is 32.7 Å². The second-order valence-electron chi connectivity index (χ2n) is 6.16. The van der Waals surface area contributed by atoms with Gasteiger partial charge in [-0.25, -0.2) is 14.8 Å². The van der Waals surface area contributed by atoms with Gasteiger partial charge in [-0.05, 0) is 32.8 Å². The number of rotatable bonds is 4. The fraction of sp³-hybridized carbons (Fsp3) is 0.353. The Bertz CT molecular complexity index is 603. The van der Waals surface area contributed by atoms with Crippen LogP contribution in [0.2, 0.25) is 0 Å². The summed E-state index contributed by atoms with van der Waals surface area (Å²) in [5.74, 6) is 0.711. The van der Waals surface area contributed by atoms with E-state index in [2.05, 4.69) is 20.6 Å². The molecule has 0 atom stereocenters. The zero-order valence-corrected chi connectivity index (χ0v) is 13.3. The van der Waals surface area contributed by atoms with Gasteiger partial charge in [-0.1, -0.05) is 30.3 Å². The molecule has 1 aromatic heterocycles. The molecule has 0 aliphatic carbocycles. The van der Waals surface area contributed by atoms with E-state index in [0.717, 1.165) is 11.1 Å². The first kappa shape index (κ1) is 15.9. The van der Waals surface area contributed by atoms with Gasteiger partial charge in [-0.3, -0.25) is 0 Å². The Hall–Kier alpha value is -2.43. The van der Waals surface area contributed by atoms with E-state index in [0.29, 0.717) is 18.8 Å². The summed E-state index contributed by atoms with van der Waals surface area (Å²) < 4.78 is 0. The van der Waals surface area contributed by atoms with Gasteiger partial charge in [0.1, 0.15) is 0 Å². The van der Waals surface area contributed by atoms with Crippen molar-refractivity contribution in [3.8, 4) is 11.4 Å². The number of amides is 2. The quantitative estimate of drug-likeness (QED) is 0.912. The lowest BCUT2D eigenvalue weighted by molar-refractivity contribution is 0.232. The highest BCUT2D eigenvalue weighted by atomic mass is 16.2. The summed E-state index contributed by atoms with van der Waals surface area (Å²) in [6.07, 6.45) is 4.31. The number of aromatic nitrogens is 2. The van der Waals surface area contributed by atoms with E-state index in [1.54, 1.807) is 12.4 Å². The first-order valence-corrected chi connectivity index (χ1v) is 7.36. The van der Waals surface area contributed by atoms with Crippen LogP contribution in [-0.4, -0.2) is 28.1 Å². The van der Waals surface area contributed by atoms with Gasteiger partial charge < -0.3 is 10.6 Å². The molecule has 0 saturated heterocycles. The second kappa shape index (κ2) is 7.02. The minimum atomic E-state index is -0.232. The highest BCUT2D eigenvalue weighted by Crippen LogP contribution is 2.13. The fourth-order valence-electron chi connectivity index (χ4n) is 1.93. The van der Waals surface area contributed by atoms with E-state index < -0.39 is 0 Å². The number of urea groups is 1. The van der Waals surface area contributed by atoms with Crippen molar-refractivity contribution >= 4 is 6.03 Å². The van der Waals surface area contributed by atoms with Crippen LogP contribution < -0.4 is 10.6 Å². The van der Waals surface area contributed by atoms with E-state index in [-0.39, 0.29) is 11.6 Å². The number of nitrogens with one attached hydrogen (secondary N) is 2. The van der Waals surface area contributed by atoms with Crippen molar-refractivity contribution in [3.63, 3.8) is 0 Å². The Morgan fingerprint density at radius 3 is 2.32 bits per heavy atom. The van der Waals surface area contributed by atoms with Crippen LogP contribution in [0.1, 0.15) is 26.3 Å². The maximum Gasteiger partial charge on any atom is 0.315 e. The number of hydrogen-bond acceptors (Lipinski definition) is 3. The van der Waals surface area contributed by atoms with Gasteiger partial charge in [0, 0.05) is 30.0 Å². The Kier molecular flexibility index (Phi) is 5.09. The molecule has 2 amide bonds. The molecular weight excluding hydrogens is 276 g/mol. The Labute approximate surface area is 131 Å². The SMILES string of the molecule is CC(C)(C)NC(=O)NCCc1cnc(-c2ccccc2)nc1. The lowest BCUT2D eigenvalue weighted by Crippen LogP contribution is -2.46. The van der Waals surface area contributed by atoms with Gasteiger partial charge in [-0.15, -0.1) is 0 Å². The van der Waals surface area contributed by atoms with Crippen molar-refractivity contribution < 1.29 is 4.79 Å². The minimum absolute atomic E-state index is 0.158. The molecule has 0 radical (unpaired) electrons. The van der Waals surface area contributed by atoms with Crippen molar-refractivity contribution in [1.82, 2.24) is 20.6 Å². The van der Waals surface area contributed by atoms with E-state index in [9.17, 15) is 4.79 Å². The second-order valence-corrected chi connectivity index (χ2v) is 6.16. The molecule has 0 saturated carbocycles. The highest BCUT2D eigenvalue weighted by molar-refractivity contribution is 5.74. The van der Waals surface area contributed by atoms with Crippen LogP contribution >= 0.6 is 0 Å². The molecule has 0 bridgehead atoms. The van der Waals surface area contributed by atoms with Gasteiger partial charge in [0.2, 0.25) is 0 Å². The number of nitrogens with zero attached hydrogens (tertiary/aromatic N) is 2. The predicted octanol–water partition coefficient (Wildman–Crippen LogP) is 2.78. The first-order chi connectivity index (χ1) is 10.4. The molecular formula is C17H22N4O.